The standard InChI is InChI=1S/C15H9BrF3N5O3/c16-7-1-2-8-9(3-7)13(27-15(18)19)23-24(14(8)26)5-11(25)22-12-10(17)4-20-6-21-12/h1-4,6,15H,5H2,(H,20,21,22,25). The quantitative estimate of drug-likeness (QED) is 0.649. The first-order valence-electron chi connectivity index (χ1n) is 7.25. The molecule has 0 aliphatic heterocycles. The molecule has 0 aliphatic carbocycles. The fourth-order valence-corrected chi connectivity index (χ4v) is 2.58. The second-order valence-corrected chi connectivity index (χ2v) is 6.02. The minimum Gasteiger partial charge on any atom is -0.415 e. The molecule has 27 heavy (non-hydrogen) atoms. The van der Waals surface area contributed by atoms with Gasteiger partial charge in [-0.2, -0.15) is 8.78 Å². The van der Waals surface area contributed by atoms with Crippen LogP contribution in [-0.4, -0.2) is 32.3 Å². The second kappa shape index (κ2) is 7.70. The van der Waals surface area contributed by atoms with E-state index >= 15 is 0 Å². The van der Waals surface area contributed by atoms with Crippen molar-refractivity contribution in [3.63, 3.8) is 0 Å². The van der Waals surface area contributed by atoms with E-state index in [1.54, 1.807) is 0 Å². The molecule has 1 N–H and O–H groups in total. The highest BCUT2D eigenvalue weighted by Gasteiger charge is 2.18. The van der Waals surface area contributed by atoms with E-state index in [4.69, 9.17) is 0 Å². The van der Waals surface area contributed by atoms with Crippen LogP contribution in [0.4, 0.5) is 19.0 Å². The molecular formula is C15H9BrF3N5O3. The summed E-state index contributed by atoms with van der Waals surface area (Å²) in [6.07, 6.45) is 1.86. The number of carbonyl (C=O) groups is 1. The summed E-state index contributed by atoms with van der Waals surface area (Å²) < 4.78 is 44.4. The molecule has 0 aliphatic rings. The lowest BCUT2D eigenvalue weighted by molar-refractivity contribution is -0.117. The number of ether oxygens (including phenoxy) is 1. The monoisotopic (exact) mass is 443 g/mol. The molecule has 0 saturated heterocycles. The number of nitrogens with one attached hydrogen (secondary N) is 1. The number of hydrogen-bond acceptors (Lipinski definition) is 6. The van der Waals surface area contributed by atoms with Gasteiger partial charge in [0.2, 0.25) is 11.8 Å². The zero-order valence-corrected chi connectivity index (χ0v) is 14.8. The largest absolute Gasteiger partial charge is 0.415 e. The van der Waals surface area contributed by atoms with Crippen molar-refractivity contribution in [2.24, 2.45) is 0 Å². The average Bonchev–Trinajstić information content (AvgIpc) is 2.60. The third kappa shape index (κ3) is 4.22. The Morgan fingerprint density at radius 2 is 2.11 bits per heavy atom. The van der Waals surface area contributed by atoms with Gasteiger partial charge in [0.1, 0.15) is 12.9 Å². The number of alkyl halides is 2. The Hall–Kier alpha value is -3.02. The van der Waals surface area contributed by atoms with E-state index < -0.39 is 42.1 Å². The lowest BCUT2D eigenvalue weighted by Crippen LogP contribution is -2.30. The lowest BCUT2D eigenvalue weighted by Gasteiger charge is -2.11. The minimum absolute atomic E-state index is 0.0184. The molecule has 0 radical (unpaired) electrons. The summed E-state index contributed by atoms with van der Waals surface area (Å²) in [5.41, 5.74) is -0.711. The van der Waals surface area contributed by atoms with Crippen molar-refractivity contribution in [2.75, 3.05) is 5.32 Å². The van der Waals surface area contributed by atoms with E-state index in [-0.39, 0.29) is 10.8 Å². The van der Waals surface area contributed by atoms with E-state index in [0.29, 0.717) is 9.15 Å². The topological polar surface area (TPSA) is 99.0 Å². The number of anilines is 1. The van der Waals surface area contributed by atoms with Gasteiger partial charge in [0.05, 0.1) is 17.0 Å². The summed E-state index contributed by atoms with van der Waals surface area (Å²) in [6.45, 7) is -3.86. The molecular weight excluding hydrogens is 435 g/mol. The first kappa shape index (κ1) is 18.8. The van der Waals surface area contributed by atoms with Gasteiger partial charge in [-0.05, 0) is 18.2 Å². The molecule has 0 bridgehead atoms. The van der Waals surface area contributed by atoms with Gasteiger partial charge in [-0.25, -0.2) is 19.0 Å². The Labute approximate surface area is 157 Å². The number of carbonyl (C=O) groups excluding carboxylic acids is 1. The molecule has 3 aromatic rings. The van der Waals surface area contributed by atoms with E-state index in [1.165, 1.54) is 18.2 Å². The maximum atomic E-state index is 13.5. The van der Waals surface area contributed by atoms with E-state index in [9.17, 15) is 22.8 Å². The van der Waals surface area contributed by atoms with E-state index in [1.807, 2.05) is 0 Å². The summed E-state index contributed by atoms with van der Waals surface area (Å²) in [5, 5.41) is 5.89. The van der Waals surface area contributed by atoms with Gasteiger partial charge in [0.15, 0.2) is 11.6 Å². The highest BCUT2D eigenvalue weighted by atomic mass is 79.9. The number of aromatic nitrogens is 4. The van der Waals surface area contributed by atoms with Crippen LogP contribution in [0.3, 0.4) is 0 Å². The predicted octanol–water partition coefficient (Wildman–Crippen LogP) is 2.33. The summed E-state index contributed by atoms with van der Waals surface area (Å²) in [5.74, 6) is -2.64. The van der Waals surface area contributed by atoms with Gasteiger partial charge in [-0.1, -0.05) is 15.9 Å². The molecule has 1 aromatic carbocycles. The van der Waals surface area contributed by atoms with Crippen molar-refractivity contribution in [1.29, 1.82) is 0 Å². The smallest absolute Gasteiger partial charge is 0.388 e. The van der Waals surface area contributed by atoms with Gasteiger partial charge >= 0.3 is 6.61 Å². The fourth-order valence-electron chi connectivity index (χ4n) is 2.22. The molecule has 0 atom stereocenters. The first-order chi connectivity index (χ1) is 12.8. The van der Waals surface area contributed by atoms with Crippen molar-refractivity contribution in [3.05, 3.63) is 51.4 Å². The van der Waals surface area contributed by atoms with Gasteiger partial charge in [-0.15, -0.1) is 5.10 Å². The van der Waals surface area contributed by atoms with Crippen LogP contribution in [0.2, 0.25) is 0 Å². The molecule has 140 valence electrons. The predicted molar refractivity (Wildman–Crippen MR) is 91.0 cm³/mol. The van der Waals surface area contributed by atoms with Crippen molar-refractivity contribution in [2.45, 2.75) is 13.2 Å². The molecule has 1 amide bonds. The van der Waals surface area contributed by atoms with Gasteiger partial charge in [-0.3, -0.25) is 9.59 Å². The van der Waals surface area contributed by atoms with Gasteiger partial charge in [0, 0.05) is 4.47 Å². The molecule has 0 saturated carbocycles. The van der Waals surface area contributed by atoms with Crippen molar-refractivity contribution in [3.8, 4) is 5.88 Å². The van der Waals surface area contributed by atoms with Crippen LogP contribution in [0.25, 0.3) is 10.8 Å². The van der Waals surface area contributed by atoms with Gasteiger partial charge in [0.25, 0.3) is 5.56 Å². The number of nitrogens with zero attached hydrogens (tertiary/aromatic N) is 4. The first-order valence-corrected chi connectivity index (χ1v) is 8.05. The van der Waals surface area contributed by atoms with Crippen LogP contribution < -0.4 is 15.6 Å². The van der Waals surface area contributed by atoms with E-state index in [0.717, 1.165) is 12.5 Å². The Bertz CT molecular complexity index is 1080. The summed E-state index contributed by atoms with van der Waals surface area (Å²) in [4.78, 5) is 31.5. The van der Waals surface area contributed by atoms with Crippen LogP contribution in [0.5, 0.6) is 5.88 Å². The Kier molecular flexibility index (Phi) is 5.35. The number of hydrogen-bond donors (Lipinski definition) is 1. The number of halogens is 4. The van der Waals surface area contributed by atoms with Crippen molar-refractivity contribution >= 4 is 38.4 Å². The van der Waals surface area contributed by atoms with Crippen LogP contribution >= 0.6 is 15.9 Å². The molecule has 0 fully saturated rings. The van der Waals surface area contributed by atoms with Crippen LogP contribution in [0.1, 0.15) is 0 Å². The van der Waals surface area contributed by atoms with E-state index in [2.05, 4.69) is 41.1 Å². The third-order valence-electron chi connectivity index (χ3n) is 3.31. The van der Waals surface area contributed by atoms with Crippen LogP contribution in [0.15, 0.2) is 40.0 Å². The zero-order chi connectivity index (χ0) is 19.6. The molecule has 12 heteroatoms. The Morgan fingerprint density at radius 3 is 2.81 bits per heavy atom. The van der Waals surface area contributed by atoms with Crippen molar-refractivity contribution < 1.29 is 22.7 Å². The summed E-state index contributed by atoms with van der Waals surface area (Å²) in [7, 11) is 0. The average molecular weight is 444 g/mol. The summed E-state index contributed by atoms with van der Waals surface area (Å²) >= 11 is 3.17. The molecule has 2 heterocycles. The maximum Gasteiger partial charge on any atom is 0.388 e. The minimum atomic E-state index is -3.19. The highest BCUT2D eigenvalue weighted by molar-refractivity contribution is 9.10. The molecule has 0 unspecified atom stereocenters. The summed E-state index contributed by atoms with van der Waals surface area (Å²) in [6, 6.07) is 4.29. The normalized spacial score (nSPS) is 11.0. The molecule has 3 rings (SSSR count). The molecule has 2 aromatic heterocycles. The van der Waals surface area contributed by atoms with Crippen LogP contribution in [-0.2, 0) is 11.3 Å². The second-order valence-electron chi connectivity index (χ2n) is 5.10. The number of amides is 1. The lowest BCUT2D eigenvalue weighted by atomic mass is 10.2. The molecule has 0 spiro atoms. The highest BCUT2D eigenvalue weighted by Crippen LogP contribution is 2.25. The SMILES string of the molecule is O=C(Cn1nc(OC(F)F)c2cc(Br)ccc2c1=O)Nc1ncncc1F. The number of benzene rings is 1. The molecule has 8 nitrogen and oxygen atoms in total. The van der Waals surface area contributed by atoms with Crippen molar-refractivity contribution in [1.82, 2.24) is 19.7 Å². The van der Waals surface area contributed by atoms with Gasteiger partial charge < -0.3 is 10.1 Å². The zero-order valence-electron chi connectivity index (χ0n) is 13.2. The third-order valence-corrected chi connectivity index (χ3v) is 3.80. The number of rotatable bonds is 5. The number of fused-ring (bicyclic) bond motifs is 1. The van der Waals surface area contributed by atoms with Crippen LogP contribution in [0, 0.1) is 5.82 Å². The fraction of sp³-hybridized carbons (Fsp3) is 0.133. The maximum absolute atomic E-state index is 13.5. The Balaban J connectivity index is 1.97. The Morgan fingerprint density at radius 1 is 1.33 bits per heavy atom.